The first-order valence-electron chi connectivity index (χ1n) is 6.68. The number of nitrogens with two attached hydrogens (primary N) is 1. The highest BCUT2D eigenvalue weighted by Gasteiger charge is 2.18. The Kier molecular flexibility index (Phi) is 5.68. The highest BCUT2D eigenvalue weighted by Crippen LogP contribution is 2.10. The van der Waals surface area contributed by atoms with Gasteiger partial charge in [-0.25, -0.2) is 0 Å². The lowest BCUT2D eigenvalue weighted by Gasteiger charge is -2.21. The molecule has 0 fully saturated rings. The van der Waals surface area contributed by atoms with E-state index in [-0.39, 0.29) is 5.91 Å². The van der Waals surface area contributed by atoms with Gasteiger partial charge >= 0.3 is 0 Å². The van der Waals surface area contributed by atoms with Gasteiger partial charge in [-0.05, 0) is 12.8 Å². The summed E-state index contributed by atoms with van der Waals surface area (Å²) in [7, 11) is 1.74. The van der Waals surface area contributed by atoms with Gasteiger partial charge in [-0.15, -0.1) is 0 Å². The Labute approximate surface area is 109 Å². The summed E-state index contributed by atoms with van der Waals surface area (Å²) in [5.74, 6) is 0.508. The molecular weight excluding hydrogens is 228 g/mol. The highest BCUT2D eigenvalue weighted by atomic mass is 16.2. The quantitative estimate of drug-likeness (QED) is 0.807. The van der Waals surface area contributed by atoms with Crippen LogP contribution in [-0.2, 0) is 7.05 Å². The molecular formula is C13H24N4O. The Morgan fingerprint density at radius 2 is 1.89 bits per heavy atom. The number of aromatic nitrogens is 2. The van der Waals surface area contributed by atoms with Gasteiger partial charge in [0.1, 0.15) is 5.82 Å². The molecule has 0 aliphatic heterocycles. The molecule has 0 spiro atoms. The van der Waals surface area contributed by atoms with Gasteiger partial charge in [0, 0.05) is 26.2 Å². The average Bonchev–Trinajstić information content (AvgIpc) is 2.69. The van der Waals surface area contributed by atoms with Crippen LogP contribution in [0.1, 0.15) is 50.0 Å². The Hall–Kier alpha value is -1.52. The molecule has 0 saturated heterocycles. The van der Waals surface area contributed by atoms with Crippen LogP contribution < -0.4 is 5.73 Å². The molecule has 0 atom stereocenters. The number of nitrogen functional groups attached to an aromatic ring is 1. The van der Waals surface area contributed by atoms with Crippen molar-refractivity contribution in [2.24, 2.45) is 7.05 Å². The second kappa shape index (κ2) is 7.03. The van der Waals surface area contributed by atoms with Gasteiger partial charge in [-0.2, -0.15) is 5.10 Å². The van der Waals surface area contributed by atoms with Crippen LogP contribution in [0.3, 0.4) is 0 Å². The molecule has 1 aromatic rings. The number of aryl methyl sites for hydroxylation is 1. The molecule has 18 heavy (non-hydrogen) atoms. The molecule has 0 bridgehead atoms. The molecule has 2 N–H and O–H groups in total. The van der Waals surface area contributed by atoms with Crippen molar-refractivity contribution in [3.8, 4) is 0 Å². The third kappa shape index (κ3) is 3.75. The number of unbranched alkanes of at least 4 members (excludes halogenated alkanes) is 2. The van der Waals surface area contributed by atoms with Crippen LogP contribution in [0.4, 0.5) is 5.82 Å². The second-order valence-corrected chi connectivity index (χ2v) is 4.58. The summed E-state index contributed by atoms with van der Waals surface area (Å²) in [6.45, 7) is 5.85. The molecule has 0 aromatic carbocycles. The van der Waals surface area contributed by atoms with Crippen LogP contribution in [0.15, 0.2) is 6.07 Å². The van der Waals surface area contributed by atoms with Gasteiger partial charge in [0.05, 0.1) is 0 Å². The number of carbonyl (C=O) groups is 1. The lowest BCUT2D eigenvalue weighted by molar-refractivity contribution is 0.0744. The predicted molar refractivity (Wildman–Crippen MR) is 73.3 cm³/mol. The van der Waals surface area contributed by atoms with Crippen LogP contribution in [-0.4, -0.2) is 33.7 Å². The minimum atomic E-state index is -0.01000. The largest absolute Gasteiger partial charge is 0.384 e. The number of anilines is 1. The van der Waals surface area contributed by atoms with E-state index in [1.807, 2.05) is 4.90 Å². The zero-order valence-corrected chi connectivity index (χ0v) is 11.6. The lowest BCUT2D eigenvalue weighted by Crippen LogP contribution is -2.33. The maximum absolute atomic E-state index is 12.3. The van der Waals surface area contributed by atoms with E-state index in [0.717, 1.165) is 38.8 Å². The molecule has 0 radical (unpaired) electrons. The van der Waals surface area contributed by atoms with E-state index < -0.39 is 0 Å². The zero-order chi connectivity index (χ0) is 13.5. The van der Waals surface area contributed by atoms with E-state index in [2.05, 4.69) is 18.9 Å². The van der Waals surface area contributed by atoms with Crippen molar-refractivity contribution >= 4 is 11.7 Å². The van der Waals surface area contributed by atoms with Crippen molar-refractivity contribution in [2.45, 2.75) is 39.5 Å². The van der Waals surface area contributed by atoms with Gasteiger partial charge in [-0.3, -0.25) is 9.48 Å². The van der Waals surface area contributed by atoms with Gasteiger partial charge in [-0.1, -0.05) is 26.7 Å². The SMILES string of the molecule is CCCCN(CCCC)C(=O)c1cc(N)n(C)n1. The number of rotatable bonds is 7. The first-order valence-corrected chi connectivity index (χ1v) is 6.68. The molecule has 0 unspecified atom stereocenters. The zero-order valence-electron chi connectivity index (χ0n) is 11.6. The third-order valence-electron chi connectivity index (χ3n) is 2.99. The van der Waals surface area contributed by atoms with Crippen LogP contribution in [0, 0.1) is 0 Å². The molecule has 5 heteroatoms. The van der Waals surface area contributed by atoms with Crippen LogP contribution in [0.5, 0.6) is 0 Å². The fourth-order valence-electron chi connectivity index (χ4n) is 1.76. The number of hydrogen-bond donors (Lipinski definition) is 1. The normalized spacial score (nSPS) is 10.6. The van der Waals surface area contributed by atoms with Gasteiger partial charge in [0.25, 0.3) is 5.91 Å². The summed E-state index contributed by atoms with van der Waals surface area (Å²) >= 11 is 0. The smallest absolute Gasteiger partial charge is 0.274 e. The fourth-order valence-corrected chi connectivity index (χ4v) is 1.76. The molecule has 1 amide bonds. The average molecular weight is 252 g/mol. The summed E-state index contributed by atoms with van der Waals surface area (Å²) in [5, 5.41) is 4.15. The summed E-state index contributed by atoms with van der Waals surface area (Å²) in [5.41, 5.74) is 6.16. The van der Waals surface area contributed by atoms with Crippen molar-refractivity contribution < 1.29 is 4.79 Å². The molecule has 0 aliphatic carbocycles. The Morgan fingerprint density at radius 3 is 2.28 bits per heavy atom. The van der Waals surface area contributed by atoms with E-state index in [1.54, 1.807) is 13.1 Å². The Bertz CT molecular complexity index is 359. The standard InChI is InChI=1S/C13H24N4O/c1-4-6-8-17(9-7-5-2)13(18)11-10-12(14)16(3)15-11/h10H,4-9,14H2,1-3H3. The molecule has 1 rings (SSSR count). The predicted octanol–water partition coefficient (Wildman–Crippen LogP) is 2.04. The van der Waals surface area contributed by atoms with E-state index in [9.17, 15) is 4.79 Å². The summed E-state index contributed by atoms with van der Waals surface area (Å²) in [6, 6.07) is 1.65. The maximum Gasteiger partial charge on any atom is 0.274 e. The van der Waals surface area contributed by atoms with E-state index in [1.165, 1.54) is 4.68 Å². The number of carbonyl (C=O) groups excluding carboxylic acids is 1. The lowest BCUT2D eigenvalue weighted by atomic mass is 10.2. The first kappa shape index (κ1) is 14.5. The third-order valence-corrected chi connectivity index (χ3v) is 2.99. The van der Waals surface area contributed by atoms with Crippen molar-refractivity contribution in [2.75, 3.05) is 18.8 Å². The van der Waals surface area contributed by atoms with Crippen molar-refractivity contribution in [1.29, 1.82) is 0 Å². The van der Waals surface area contributed by atoms with E-state index in [4.69, 9.17) is 5.73 Å². The summed E-state index contributed by atoms with van der Waals surface area (Å²) in [4.78, 5) is 14.2. The molecule has 0 aliphatic rings. The molecule has 102 valence electrons. The van der Waals surface area contributed by atoms with Gasteiger partial charge in [0.2, 0.25) is 0 Å². The monoisotopic (exact) mass is 252 g/mol. The van der Waals surface area contributed by atoms with E-state index >= 15 is 0 Å². The van der Waals surface area contributed by atoms with Gasteiger partial charge < -0.3 is 10.6 Å². The minimum absolute atomic E-state index is 0.01000. The van der Waals surface area contributed by atoms with Crippen LogP contribution in [0.25, 0.3) is 0 Å². The first-order chi connectivity index (χ1) is 8.60. The fraction of sp³-hybridized carbons (Fsp3) is 0.692. The second-order valence-electron chi connectivity index (χ2n) is 4.58. The van der Waals surface area contributed by atoms with E-state index in [0.29, 0.717) is 11.5 Å². The highest BCUT2D eigenvalue weighted by molar-refractivity contribution is 5.93. The molecule has 5 nitrogen and oxygen atoms in total. The van der Waals surface area contributed by atoms with Crippen LogP contribution in [0.2, 0.25) is 0 Å². The van der Waals surface area contributed by atoms with Gasteiger partial charge in [0.15, 0.2) is 5.69 Å². The molecule has 1 aromatic heterocycles. The van der Waals surface area contributed by atoms with Crippen molar-refractivity contribution in [3.05, 3.63) is 11.8 Å². The number of amides is 1. The summed E-state index contributed by atoms with van der Waals surface area (Å²) < 4.78 is 1.53. The van der Waals surface area contributed by atoms with Crippen molar-refractivity contribution in [1.82, 2.24) is 14.7 Å². The molecule has 1 heterocycles. The maximum atomic E-state index is 12.3. The minimum Gasteiger partial charge on any atom is -0.384 e. The topological polar surface area (TPSA) is 64.2 Å². The van der Waals surface area contributed by atoms with Crippen LogP contribution >= 0.6 is 0 Å². The Morgan fingerprint density at radius 1 is 1.33 bits per heavy atom. The van der Waals surface area contributed by atoms with Crippen molar-refractivity contribution in [3.63, 3.8) is 0 Å². The molecule has 0 saturated carbocycles. The summed E-state index contributed by atoms with van der Waals surface area (Å²) in [6.07, 6.45) is 4.22. The Balaban J connectivity index is 2.73. The number of hydrogen-bond acceptors (Lipinski definition) is 3. The number of nitrogens with zero attached hydrogens (tertiary/aromatic N) is 3.